The maximum absolute atomic E-state index is 10.5. The second-order valence-electron chi connectivity index (χ2n) is 7.80. The molecule has 1 fully saturated rings. The molecule has 0 spiro atoms. The average Bonchev–Trinajstić information content (AvgIpc) is 2.96. The molecule has 1 aliphatic heterocycles. The molecule has 0 aromatic heterocycles. The van der Waals surface area contributed by atoms with Crippen molar-refractivity contribution in [3.63, 3.8) is 0 Å². The minimum absolute atomic E-state index is 0.433. The number of aliphatic hydroxyl groups is 4. The summed E-state index contributed by atoms with van der Waals surface area (Å²) in [5, 5.41) is 40.1. The molecule has 1 aromatic carbocycles. The number of rotatable bonds is 4. The Morgan fingerprint density at radius 1 is 0.793 bits per heavy atom. The predicted octanol–water partition coefficient (Wildman–Crippen LogP) is 2.21. The Kier molecular flexibility index (Phi) is 5.67. The van der Waals surface area contributed by atoms with Crippen molar-refractivity contribution in [3.05, 3.63) is 82.9 Å². The number of fused-ring (bicyclic) bond motifs is 1. The first-order chi connectivity index (χ1) is 14.0. The summed E-state index contributed by atoms with van der Waals surface area (Å²) in [5.74, 6) is 0. The fraction of sp³-hybridized carbons (Fsp3) is 0.333. The van der Waals surface area contributed by atoms with Crippen LogP contribution in [0, 0.1) is 6.92 Å². The zero-order chi connectivity index (χ0) is 20.5. The van der Waals surface area contributed by atoms with Gasteiger partial charge in [-0.2, -0.15) is 0 Å². The smallest absolute Gasteiger partial charge is 0.113 e. The van der Waals surface area contributed by atoms with Crippen molar-refractivity contribution < 1.29 is 25.2 Å². The second-order valence-corrected chi connectivity index (χ2v) is 7.80. The van der Waals surface area contributed by atoms with Crippen molar-refractivity contribution in [2.75, 3.05) is 6.61 Å². The van der Waals surface area contributed by atoms with Crippen molar-refractivity contribution >= 4 is 0 Å². The Balaban J connectivity index is 1.63. The van der Waals surface area contributed by atoms with Crippen LogP contribution in [0.1, 0.15) is 28.4 Å². The van der Waals surface area contributed by atoms with E-state index in [0.717, 1.165) is 23.1 Å². The Hall–Kier alpha value is -2.28. The van der Waals surface area contributed by atoms with Crippen LogP contribution in [0.3, 0.4) is 0 Å². The van der Waals surface area contributed by atoms with Gasteiger partial charge in [-0.1, -0.05) is 60.7 Å². The first-order valence-electron chi connectivity index (χ1n) is 9.85. The molecule has 1 heterocycles. The van der Waals surface area contributed by atoms with Crippen LogP contribution in [0.4, 0.5) is 0 Å². The maximum atomic E-state index is 10.5. The lowest BCUT2D eigenvalue weighted by atomic mass is 9.88. The quantitative estimate of drug-likeness (QED) is 0.545. The van der Waals surface area contributed by atoms with E-state index in [2.05, 4.69) is 24.3 Å². The Labute approximate surface area is 170 Å². The number of ether oxygens (including phenoxy) is 1. The average molecular weight is 394 g/mol. The minimum Gasteiger partial charge on any atom is -0.394 e. The van der Waals surface area contributed by atoms with E-state index >= 15 is 0 Å². The summed E-state index contributed by atoms with van der Waals surface area (Å²) < 4.78 is 5.75. The van der Waals surface area contributed by atoms with Gasteiger partial charge in [-0.05, 0) is 46.7 Å². The van der Waals surface area contributed by atoms with Crippen molar-refractivity contribution in [1.29, 1.82) is 0 Å². The van der Waals surface area contributed by atoms with Gasteiger partial charge in [0.25, 0.3) is 0 Å². The second kappa shape index (κ2) is 8.22. The summed E-state index contributed by atoms with van der Waals surface area (Å²) in [6.45, 7) is 1.48. The van der Waals surface area contributed by atoms with Crippen LogP contribution >= 0.6 is 0 Å². The molecular weight excluding hydrogens is 368 g/mol. The summed E-state index contributed by atoms with van der Waals surface area (Å²) in [7, 11) is 0. The number of benzene rings is 1. The molecule has 0 radical (unpaired) electrons. The predicted molar refractivity (Wildman–Crippen MR) is 110 cm³/mol. The van der Waals surface area contributed by atoms with E-state index in [1.807, 2.05) is 43.3 Å². The van der Waals surface area contributed by atoms with Gasteiger partial charge >= 0.3 is 0 Å². The molecule has 5 heteroatoms. The fourth-order valence-electron chi connectivity index (χ4n) is 4.08. The van der Waals surface area contributed by atoms with Crippen LogP contribution in [0.2, 0.25) is 0 Å². The molecule has 29 heavy (non-hydrogen) atoms. The van der Waals surface area contributed by atoms with Gasteiger partial charge in [-0.15, -0.1) is 0 Å². The van der Waals surface area contributed by atoms with Crippen molar-refractivity contribution in [1.82, 2.24) is 0 Å². The molecule has 152 valence electrons. The SMILES string of the molecule is Cc1ccc(Cc2cc3cccccc-3c2)cc1[C@@H]1OC(CO)[C@@H](O)[C@H](O)[C@H]1O. The van der Waals surface area contributed by atoms with Crippen LogP contribution < -0.4 is 0 Å². The summed E-state index contributed by atoms with van der Waals surface area (Å²) in [6.07, 6.45) is -5.01. The standard InChI is InChI=1S/C24H26O5/c1-14-7-8-15(9-16-10-17-5-3-2-4-6-18(17)11-16)12-19(14)24-23(28)22(27)21(26)20(13-25)29-24/h2-8,10-12,20-28H,9,13H2,1H3/t20?,21-,22+,23-,24+/m1/s1. The first-order valence-corrected chi connectivity index (χ1v) is 9.85. The van der Waals surface area contributed by atoms with Gasteiger partial charge in [0.1, 0.15) is 30.5 Å². The van der Waals surface area contributed by atoms with Crippen LogP contribution in [0.5, 0.6) is 0 Å². The highest BCUT2D eigenvalue weighted by Crippen LogP contribution is 2.35. The van der Waals surface area contributed by atoms with Crippen molar-refractivity contribution in [2.24, 2.45) is 0 Å². The lowest BCUT2D eigenvalue weighted by molar-refractivity contribution is -0.231. The number of hydrogen-bond donors (Lipinski definition) is 4. The van der Waals surface area contributed by atoms with Gasteiger partial charge in [0, 0.05) is 0 Å². The Morgan fingerprint density at radius 2 is 1.48 bits per heavy atom. The van der Waals surface area contributed by atoms with E-state index in [1.54, 1.807) is 0 Å². The lowest BCUT2D eigenvalue weighted by Crippen LogP contribution is -2.55. The molecule has 0 saturated carbocycles. The first kappa shape index (κ1) is 20.0. The Morgan fingerprint density at radius 3 is 2.14 bits per heavy atom. The largest absolute Gasteiger partial charge is 0.394 e. The molecule has 4 rings (SSSR count). The van der Waals surface area contributed by atoms with E-state index in [1.165, 1.54) is 16.7 Å². The Bertz CT molecular complexity index is 923. The number of hydrogen-bond acceptors (Lipinski definition) is 5. The van der Waals surface area contributed by atoms with Gasteiger partial charge < -0.3 is 25.2 Å². The lowest BCUT2D eigenvalue weighted by Gasteiger charge is -2.40. The van der Waals surface area contributed by atoms with Gasteiger partial charge in [0.15, 0.2) is 0 Å². The molecule has 5 nitrogen and oxygen atoms in total. The van der Waals surface area contributed by atoms with E-state index in [-0.39, 0.29) is 0 Å². The topological polar surface area (TPSA) is 90.2 Å². The monoisotopic (exact) mass is 394 g/mol. The summed E-state index contributed by atoms with van der Waals surface area (Å²) in [4.78, 5) is 0. The summed E-state index contributed by atoms with van der Waals surface area (Å²) >= 11 is 0. The van der Waals surface area contributed by atoms with Gasteiger partial charge in [0.2, 0.25) is 0 Å². The minimum atomic E-state index is -1.38. The summed E-state index contributed by atoms with van der Waals surface area (Å²) in [5.41, 5.74) is 6.29. The molecule has 3 aliphatic rings. The fourth-order valence-corrected chi connectivity index (χ4v) is 4.08. The molecule has 1 unspecified atom stereocenters. The number of aliphatic hydroxyl groups excluding tert-OH is 4. The third-order valence-corrected chi connectivity index (χ3v) is 5.74. The van der Waals surface area contributed by atoms with Gasteiger partial charge in [-0.3, -0.25) is 0 Å². The normalized spacial score (nSPS) is 27.3. The molecule has 4 N–H and O–H groups in total. The molecular formula is C24H26O5. The molecule has 5 atom stereocenters. The van der Waals surface area contributed by atoms with Gasteiger partial charge in [-0.25, -0.2) is 0 Å². The molecule has 1 aromatic rings. The van der Waals surface area contributed by atoms with Crippen LogP contribution in [0.15, 0.2) is 60.7 Å². The highest BCUT2D eigenvalue weighted by atomic mass is 16.5. The highest BCUT2D eigenvalue weighted by Gasteiger charge is 2.44. The van der Waals surface area contributed by atoms with Gasteiger partial charge in [0.05, 0.1) is 6.61 Å². The molecule has 2 aliphatic carbocycles. The molecule has 0 bridgehead atoms. The van der Waals surface area contributed by atoms with E-state index in [4.69, 9.17) is 4.74 Å². The maximum Gasteiger partial charge on any atom is 0.113 e. The van der Waals surface area contributed by atoms with Crippen molar-refractivity contribution in [3.8, 4) is 11.1 Å². The zero-order valence-corrected chi connectivity index (χ0v) is 16.3. The highest BCUT2D eigenvalue weighted by molar-refractivity contribution is 5.68. The molecule has 0 amide bonds. The van der Waals surface area contributed by atoms with E-state index in [9.17, 15) is 20.4 Å². The number of aryl methyl sites for hydroxylation is 1. The van der Waals surface area contributed by atoms with E-state index < -0.39 is 37.1 Å². The third-order valence-electron chi connectivity index (χ3n) is 5.74. The summed E-state index contributed by atoms with van der Waals surface area (Å²) in [6, 6.07) is 20.6. The molecule has 1 saturated heterocycles. The van der Waals surface area contributed by atoms with Crippen LogP contribution in [0.25, 0.3) is 11.1 Å². The van der Waals surface area contributed by atoms with Crippen molar-refractivity contribution in [2.45, 2.75) is 43.9 Å². The van der Waals surface area contributed by atoms with Crippen LogP contribution in [-0.2, 0) is 11.2 Å². The van der Waals surface area contributed by atoms with Crippen LogP contribution in [-0.4, -0.2) is 51.4 Å². The van der Waals surface area contributed by atoms with E-state index in [0.29, 0.717) is 0 Å². The zero-order valence-electron chi connectivity index (χ0n) is 16.3. The third kappa shape index (κ3) is 3.92.